The molecule has 1 atom stereocenters. The summed E-state index contributed by atoms with van der Waals surface area (Å²) in [4.78, 5) is 32.8. The van der Waals surface area contributed by atoms with Gasteiger partial charge in [-0.3, -0.25) is 9.59 Å². The molecule has 0 radical (unpaired) electrons. The number of benzene rings is 1. The molecule has 31 heavy (non-hydrogen) atoms. The lowest BCUT2D eigenvalue weighted by Crippen LogP contribution is -2.62. The van der Waals surface area contributed by atoms with Gasteiger partial charge in [-0.1, -0.05) is 30.3 Å². The molecule has 3 aromatic rings. The third-order valence-corrected chi connectivity index (χ3v) is 6.33. The van der Waals surface area contributed by atoms with Crippen LogP contribution in [0.5, 0.6) is 0 Å². The molecule has 1 aliphatic rings. The van der Waals surface area contributed by atoms with Crippen molar-refractivity contribution in [2.24, 2.45) is 0 Å². The molecular weight excluding hydrogens is 412 g/mol. The molecule has 3 heterocycles. The minimum Gasteiger partial charge on any atom is -0.361 e. The molecule has 0 bridgehead atoms. The van der Waals surface area contributed by atoms with Crippen LogP contribution in [0.2, 0.25) is 0 Å². The van der Waals surface area contributed by atoms with E-state index in [4.69, 9.17) is 4.74 Å². The van der Waals surface area contributed by atoms with Crippen LogP contribution in [0.25, 0.3) is 10.4 Å². The van der Waals surface area contributed by atoms with Crippen LogP contribution in [0.3, 0.4) is 0 Å². The lowest BCUT2D eigenvalue weighted by Gasteiger charge is -2.41. The molecule has 0 unspecified atom stereocenters. The Balaban J connectivity index is 1.53. The zero-order valence-electron chi connectivity index (χ0n) is 17.5. The molecule has 4 rings (SSSR count). The first-order valence-electron chi connectivity index (χ1n) is 10.4. The Hall–Kier alpha value is -2.97. The van der Waals surface area contributed by atoms with Crippen molar-refractivity contribution in [3.05, 3.63) is 66.1 Å². The first kappa shape index (κ1) is 21.3. The first-order valence-corrected chi connectivity index (χ1v) is 11.3. The first-order chi connectivity index (χ1) is 15.1. The summed E-state index contributed by atoms with van der Waals surface area (Å²) in [6, 6.07) is 12.3. The van der Waals surface area contributed by atoms with Crippen molar-refractivity contribution in [2.75, 3.05) is 26.2 Å². The van der Waals surface area contributed by atoms with E-state index in [0.717, 1.165) is 11.1 Å². The molecule has 2 amide bonds. The van der Waals surface area contributed by atoms with Crippen LogP contribution in [0.15, 0.2) is 60.5 Å². The van der Waals surface area contributed by atoms with E-state index in [1.807, 2.05) is 25.1 Å². The smallest absolute Gasteiger partial charge is 0.254 e. The number of rotatable bonds is 7. The van der Waals surface area contributed by atoms with Gasteiger partial charge in [0, 0.05) is 36.8 Å². The Labute approximate surface area is 185 Å². The molecule has 8 heteroatoms. The van der Waals surface area contributed by atoms with Crippen LogP contribution in [-0.4, -0.2) is 58.1 Å². The topological polar surface area (TPSA) is 76.5 Å². The van der Waals surface area contributed by atoms with Gasteiger partial charge in [0.05, 0.1) is 19.5 Å². The number of likely N-dealkylation sites (N-methyl/N-ethyl adjacent to an activating group) is 1. The third kappa shape index (κ3) is 4.86. The Morgan fingerprint density at radius 3 is 2.77 bits per heavy atom. The fourth-order valence-electron chi connectivity index (χ4n) is 3.84. The largest absolute Gasteiger partial charge is 0.361 e. The number of aromatic nitrogens is 2. The van der Waals surface area contributed by atoms with Gasteiger partial charge >= 0.3 is 0 Å². The van der Waals surface area contributed by atoms with Crippen molar-refractivity contribution in [1.82, 2.24) is 19.8 Å². The monoisotopic (exact) mass is 438 g/mol. The van der Waals surface area contributed by atoms with Gasteiger partial charge in [-0.05, 0) is 29.5 Å². The number of nitrogens with zero attached hydrogens (tertiary/aromatic N) is 3. The van der Waals surface area contributed by atoms with Gasteiger partial charge in [-0.15, -0.1) is 11.3 Å². The molecule has 0 spiro atoms. The van der Waals surface area contributed by atoms with E-state index in [-0.39, 0.29) is 24.9 Å². The molecule has 1 aliphatic heterocycles. The molecule has 1 fully saturated rings. The van der Waals surface area contributed by atoms with Crippen LogP contribution in [0, 0.1) is 0 Å². The van der Waals surface area contributed by atoms with Gasteiger partial charge in [-0.2, -0.15) is 0 Å². The van der Waals surface area contributed by atoms with Gasteiger partial charge in [0.1, 0.15) is 6.54 Å². The van der Waals surface area contributed by atoms with Crippen LogP contribution in [0.1, 0.15) is 12.5 Å². The van der Waals surface area contributed by atoms with Crippen LogP contribution >= 0.6 is 11.3 Å². The Kier molecular flexibility index (Phi) is 6.48. The maximum Gasteiger partial charge on any atom is 0.254 e. The summed E-state index contributed by atoms with van der Waals surface area (Å²) in [5, 5.41) is 4.95. The minimum absolute atomic E-state index is 0.0528. The standard InChI is InChI=1S/C23H26N4O3S/c1-2-25-22(29)23(14-18-5-7-19(8-6-18)20-4-3-13-31-20)16-27(11-12-30-23)21(28)15-26-10-9-24-17-26/h3-10,13,17H,2,11-12,14-16H2,1H3,(H,25,29)/t23-/m0/s1. The molecular formula is C23H26N4O3S. The lowest BCUT2D eigenvalue weighted by molar-refractivity contribution is -0.166. The van der Waals surface area contributed by atoms with E-state index < -0.39 is 5.60 Å². The quantitative estimate of drug-likeness (QED) is 0.615. The van der Waals surface area contributed by atoms with Gasteiger partial charge < -0.3 is 19.5 Å². The van der Waals surface area contributed by atoms with E-state index in [1.54, 1.807) is 39.5 Å². The van der Waals surface area contributed by atoms with Crippen molar-refractivity contribution >= 4 is 23.2 Å². The van der Waals surface area contributed by atoms with E-state index in [9.17, 15) is 9.59 Å². The second kappa shape index (κ2) is 9.45. The number of hydrogen-bond donors (Lipinski definition) is 1. The molecule has 7 nitrogen and oxygen atoms in total. The number of hydrogen-bond acceptors (Lipinski definition) is 5. The van der Waals surface area contributed by atoms with Crippen LogP contribution < -0.4 is 5.32 Å². The summed E-state index contributed by atoms with van der Waals surface area (Å²) in [6.07, 6.45) is 5.42. The second-order valence-electron chi connectivity index (χ2n) is 7.60. The van der Waals surface area contributed by atoms with Gasteiger partial charge in [0.25, 0.3) is 5.91 Å². The average molecular weight is 439 g/mol. The zero-order chi connectivity index (χ0) is 21.7. The number of imidazole rings is 1. The van der Waals surface area contributed by atoms with Crippen molar-refractivity contribution in [1.29, 1.82) is 0 Å². The summed E-state index contributed by atoms with van der Waals surface area (Å²) < 4.78 is 7.81. The molecule has 1 saturated heterocycles. The van der Waals surface area contributed by atoms with E-state index in [0.29, 0.717) is 26.1 Å². The number of carbonyl (C=O) groups is 2. The summed E-state index contributed by atoms with van der Waals surface area (Å²) in [6.45, 7) is 3.59. The van der Waals surface area contributed by atoms with Crippen molar-refractivity contribution in [3.8, 4) is 10.4 Å². The number of ether oxygens (including phenoxy) is 1. The number of morpholine rings is 1. The van der Waals surface area contributed by atoms with Crippen LogP contribution in [0.4, 0.5) is 0 Å². The maximum absolute atomic E-state index is 13.1. The summed E-state index contributed by atoms with van der Waals surface area (Å²) >= 11 is 1.69. The van der Waals surface area contributed by atoms with Gasteiger partial charge in [0.2, 0.25) is 5.91 Å². The number of nitrogens with one attached hydrogen (secondary N) is 1. The van der Waals surface area contributed by atoms with Crippen LogP contribution in [-0.2, 0) is 27.3 Å². The summed E-state index contributed by atoms with van der Waals surface area (Å²) in [5.74, 6) is -0.236. The average Bonchev–Trinajstić information content (AvgIpc) is 3.49. The maximum atomic E-state index is 13.1. The highest BCUT2D eigenvalue weighted by atomic mass is 32.1. The fraction of sp³-hybridized carbons (Fsp3) is 0.348. The molecule has 1 aromatic carbocycles. The van der Waals surface area contributed by atoms with Gasteiger partial charge in [0.15, 0.2) is 5.60 Å². The third-order valence-electron chi connectivity index (χ3n) is 5.42. The molecule has 1 N–H and O–H groups in total. The predicted molar refractivity (Wildman–Crippen MR) is 120 cm³/mol. The molecule has 162 valence electrons. The Bertz CT molecular complexity index is 1000. The zero-order valence-corrected chi connectivity index (χ0v) is 18.3. The molecule has 0 aliphatic carbocycles. The van der Waals surface area contributed by atoms with E-state index in [2.05, 4.69) is 33.9 Å². The molecule has 0 saturated carbocycles. The SMILES string of the molecule is CCNC(=O)[C@]1(Cc2ccc(-c3cccs3)cc2)CN(C(=O)Cn2ccnc2)CCO1. The van der Waals surface area contributed by atoms with Crippen molar-refractivity contribution in [3.63, 3.8) is 0 Å². The number of carbonyl (C=O) groups excluding carboxylic acids is 2. The second-order valence-corrected chi connectivity index (χ2v) is 8.55. The fourth-order valence-corrected chi connectivity index (χ4v) is 4.57. The normalized spacial score (nSPS) is 18.7. The predicted octanol–water partition coefficient (Wildman–Crippen LogP) is 2.59. The number of thiophene rings is 1. The Morgan fingerprint density at radius 2 is 2.10 bits per heavy atom. The molecule has 2 aromatic heterocycles. The highest BCUT2D eigenvalue weighted by molar-refractivity contribution is 7.13. The van der Waals surface area contributed by atoms with Crippen molar-refractivity contribution < 1.29 is 14.3 Å². The van der Waals surface area contributed by atoms with Gasteiger partial charge in [-0.25, -0.2) is 4.98 Å². The highest BCUT2D eigenvalue weighted by Crippen LogP contribution is 2.28. The number of amides is 2. The van der Waals surface area contributed by atoms with Crippen molar-refractivity contribution in [2.45, 2.75) is 25.5 Å². The lowest BCUT2D eigenvalue weighted by atomic mass is 9.90. The Morgan fingerprint density at radius 1 is 1.26 bits per heavy atom. The van der Waals surface area contributed by atoms with E-state index in [1.165, 1.54) is 4.88 Å². The van der Waals surface area contributed by atoms with E-state index >= 15 is 0 Å². The summed E-state index contributed by atoms with van der Waals surface area (Å²) in [5.41, 5.74) is 1.03. The highest BCUT2D eigenvalue weighted by Gasteiger charge is 2.44. The summed E-state index contributed by atoms with van der Waals surface area (Å²) in [7, 11) is 0. The minimum atomic E-state index is -1.11.